The molecule has 0 aromatic rings. The summed E-state index contributed by atoms with van der Waals surface area (Å²) in [5, 5.41) is 9.77. The van der Waals surface area contributed by atoms with Crippen LogP contribution in [0.15, 0.2) is 0 Å². The van der Waals surface area contributed by atoms with Gasteiger partial charge in [-0.3, -0.25) is 4.79 Å². The van der Waals surface area contributed by atoms with Crippen molar-refractivity contribution in [3.63, 3.8) is 0 Å². The second-order valence-electron chi connectivity index (χ2n) is 5.49. The topological polar surface area (TPSA) is 66.8 Å². The van der Waals surface area contributed by atoms with E-state index in [2.05, 4.69) is 0 Å². The van der Waals surface area contributed by atoms with Gasteiger partial charge in [-0.05, 0) is 32.1 Å². The van der Waals surface area contributed by atoms with Crippen LogP contribution in [0.2, 0.25) is 0 Å². The van der Waals surface area contributed by atoms with Crippen molar-refractivity contribution in [2.75, 3.05) is 20.3 Å². The van der Waals surface area contributed by atoms with Crippen LogP contribution < -0.4 is 0 Å². The minimum absolute atomic E-state index is 0.176. The zero-order valence-electron chi connectivity index (χ0n) is 11.1. The van der Waals surface area contributed by atoms with E-state index in [-0.39, 0.29) is 11.3 Å². The van der Waals surface area contributed by atoms with Crippen molar-refractivity contribution in [1.29, 1.82) is 0 Å². The molecule has 1 aliphatic heterocycles. The number of aliphatic carboxylic acids is 1. The minimum atomic E-state index is -1.04. The fraction of sp³-hybridized carbons (Fsp3) is 0.846. The first-order valence-electron chi connectivity index (χ1n) is 6.52. The highest BCUT2D eigenvalue weighted by Gasteiger charge is 2.62. The molecule has 102 valence electrons. The summed E-state index contributed by atoms with van der Waals surface area (Å²) >= 11 is 0. The molecule has 0 bridgehead atoms. The number of carbonyl (C=O) groups excluding carboxylic acids is 1. The molecule has 0 aromatic heterocycles. The first-order chi connectivity index (χ1) is 8.46. The zero-order valence-corrected chi connectivity index (χ0v) is 11.1. The Morgan fingerprint density at radius 3 is 2.28 bits per heavy atom. The molecular formula is C13H21NO4. The van der Waals surface area contributed by atoms with Crippen LogP contribution in [0, 0.1) is 5.41 Å². The third kappa shape index (κ3) is 1.64. The molecule has 1 amide bonds. The molecule has 5 nitrogen and oxygen atoms in total. The van der Waals surface area contributed by atoms with Gasteiger partial charge in [0.15, 0.2) is 0 Å². The maximum absolute atomic E-state index is 11.9. The molecule has 18 heavy (non-hydrogen) atoms. The maximum atomic E-state index is 11.9. The third-order valence-electron chi connectivity index (χ3n) is 4.92. The molecule has 1 spiro atoms. The van der Waals surface area contributed by atoms with Crippen LogP contribution in [0.4, 0.5) is 0 Å². The predicted octanol–water partition coefficient (Wildman–Crippen LogP) is 1.27. The smallest absolute Gasteiger partial charge is 0.330 e. The average molecular weight is 255 g/mol. The Kier molecular flexibility index (Phi) is 3.36. The van der Waals surface area contributed by atoms with Gasteiger partial charge in [0.2, 0.25) is 5.91 Å². The van der Waals surface area contributed by atoms with Gasteiger partial charge in [-0.15, -0.1) is 0 Å². The van der Waals surface area contributed by atoms with Crippen molar-refractivity contribution >= 4 is 11.9 Å². The fourth-order valence-corrected chi connectivity index (χ4v) is 3.85. The molecule has 2 fully saturated rings. The fourth-order valence-electron chi connectivity index (χ4n) is 3.85. The van der Waals surface area contributed by atoms with Gasteiger partial charge < -0.3 is 14.7 Å². The van der Waals surface area contributed by atoms with Gasteiger partial charge in [-0.25, -0.2) is 4.79 Å². The van der Waals surface area contributed by atoms with E-state index in [4.69, 9.17) is 4.74 Å². The molecule has 1 saturated heterocycles. The van der Waals surface area contributed by atoms with Crippen LogP contribution in [-0.4, -0.2) is 47.7 Å². The van der Waals surface area contributed by atoms with Crippen molar-refractivity contribution in [3.8, 4) is 0 Å². The molecule has 1 unspecified atom stereocenters. The Hall–Kier alpha value is -1.10. The van der Waals surface area contributed by atoms with E-state index in [1.165, 1.54) is 11.8 Å². The molecule has 2 aliphatic rings. The number of nitrogens with zero attached hydrogens (tertiary/aromatic N) is 1. The SMILES string of the molecule is CC(=O)N(C)C1(C(=O)O)CCCC12CCOCC2. The van der Waals surface area contributed by atoms with Crippen molar-refractivity contribution < 1.29 is 19.4 Å². The third-order valence-corrected chi connectivity index (χ3v) is 4.92. The minimum Gasteiger partial charge on any atom is -0.479 e. The Bertz CT molecular complexity index is 362. The Labute approximate surface area is 107 Å². The number of carbonyl (C=O) groups is 2. The van der Waals surface area contributed by atoms with E-state index in [1.807, 2.05) is 0 Å². The summed E-state index contributed by atoms with van der Waals surface area (Å²) in [6.45, 7) is 2.64. The quantitative estimate of drug-likeness (QED) is 0.807. The van der Waals surface area contributed by atoms with Crippen LogP contribution >= 0.6 is 0 Å². The molecule has 0 aromatic carbocycles. The summed E-state index contributed by atoms with van der Waals surface area (Å²) in [6.07, 6.45) is 3.76. The number of likely N-dealkylation sites (N-methyl/N-ethyl adjacent to an activating group) is 1. The summed E-state index contributed by atoms with van der Waals surface area (Å²) in [6, 6.07) is 0. The number of amides is 1. The van der Waals surface area contributed by atoms with Crippen LogP contribution in [0.5, 0.6) is 0 Å². The van der Waals surface area contributed by atoms with Gasteiger partial charge >= 0.3 is 5.97 Å². The van der Waals surface area contributed by atoms with Gasteiger partial charge in [0.05, 0.1) is 0 Å². The van der Waals surface area contributed by atoms with Gasteiger partial charge in [0, 0.05) is 32.6 Å². The number of carboxylic acids is 1. The van der Waals surface area contributed by atoms with Gasteiger partial charge in [-0.2, -0.15) is 0 Å². The van der Waals surface area contributed by atoms with Crippen molar-refractivity contribution in [2.45, 2.75) is 44.6 Å². The highest BCUT2D eigenvalue weighted by atomic mass is 16.5. The standard InChI is InChI=1S/C13H21NO4/c1-10(15)14(2)13(11(16)17)5-3-4-12(13)6-8-18-9-7-12/h3-9H2,1-2H3,(H,16,17). The number of hydrogen-bond donors (Lipinski definition) is 1. The van der Waals surface area contributed by atoms with E-state index >= 15 is 0 Å². The Morgan fingerprint density at radius 1 is 1.17 bits per heavy atom. The van der Waals surface area contributed by atoms with Crippen molar-refractivity contribution in [2.24, 2.45) is 5.41 Å². The molecule has 5 heteroatoms. The molecule has 1 heterocycles. The van der Waals surface area contributed by atoms with E-state index in [0.29, 0.717) is 19.6 Å². The first kappa shape index (κ1) is 13.3. The van der Waals surface area contributed by atoms with Crippen LogP contribution in [0.1, 0.15) is 39.0 Å². The normalized spacial score (nSPS) is 30.3. The predicted molar refractivity (Wildman–Crippen MR) is 65.1 cm³/mol. The molecule has 2 rings (SSSR count). The lowest BCUT2D eigenvalue weighted by molar-refractivity contribution is -0.171. The lowest BCUT2D eigenvalue weighted by Crippen LogP contribution is -2.63. The van der Waals surface area contributed by atoms with E-state index < -0.39 is 11.5 Å². The Balaban J connectivity index is 2.44. The second kappa shape index (κ2) is 4.53. The molecule has 1 atom stereocenters. The largest absolute Gasteiger partial charge is 0.479 e. The maximum Gasteiger partial charge on any atom is 0.330 e. The first-order valence-corrected chi connectivity index (χ1v) is 6.52. The van der Waals surface area contributed by atoms with E-state index in [0.717, 1.165) is 25.7 Å². The number of ether oxygens (including phenoxy) is 1. The summed E-state index contributed by atoms with van der Waals surface area (Å²) < 4.78 is 5.37. The number of hydrogen-bond acceptors (Lipinski definition) is 3. The van der Waals surface area contributed by atoms with E-state index in [9.17, 15) is 14.7 Å². The van der Waals surface area contributed by atoms with Gasteiger partial charge in [0.25, 0.3) is 0 Å². The van der Waals surface area contributed by atoms with E-state index in [1.54, 1.807) is 7.05 Å². The van der Waals surface area contributed by atoms with Gasteiger partial charge in [0.1, 0.15) is 5.54 Å². The van der Waals surface area contributed by atoms with Crippen molar-refractivity contribution in [1.82, 2.24) is 4.90 Å². The summed E-state index contributed by atoms with van der Waals surface area (Å²) in [7, 11) is 1.62. The van der Waals surface area contributed by atoms with Crippen LogP contribution in [0.25, 0.3) is 0 Å². The number of carboxylic acid groups (broad SMARTS) is 1. The highest BCUT2D eigenvalue weighted by molar-refractivity contribution is 5.87. The summed E-state index contributed by atoms with van der Waals surface area (Å²) in [5.74, 6) is -1.04. The lowest BCUT2D eigenvalue weighted by Gasteiger charge is -2.49. The monoisotopic (exact) mass is 255 g/mol. The number of rotatable bonds is 2. The molecular weight excluding hydrogens is 234 g/mol. The summed E-state index contributed by atoms with van der Waals surface area (Å²) in [4.78, 5) is 25.1. The van der Waals surface area contributed by atoms with Crippen molar-refractivity contribution in [3.05, 3.63) is 0 Å². The molecule has 1 N–H and O–H groups in total. The second-order valence-corrected chi connectivity index (χ2v) is 5.49. The van der Waals surface area contributed by atoms with Crippen LogP contribution in [0.3, 0.4) is 0 Å². The molecule has 1 saturated carbocycles. The lowest BCUT2D eigenvalue weighted by atomic mass is 9.66. The van der Waals surface area contributed by atoms with Gasteiger partial charge in [-0.1, -0.05) is 0 Å². The Morgan fingerprint density at radius 2 is 1.78 bits per heavy atom. The zero-order chi connectivity index (χ0) is 13.4. The summed E-state index contributed by atoms with van der Waals surface area (Å²) in [5.41, 5.74) is -1.35. The molecule has 1 aliphatic carbocycles. The van der Waals surface area contributed by atoms with Crippen LogP contribution in [-0.2, 0) is 14.3 Å². The highest BCUT2D eigenvalue weighted by Crippen LogP contribution is 2.55. The average Bonchev–Trinajstić information content (AvgIpc) is 2.69. The molecule has 0 radical (unpaired) electrons.